The Labute approximate surface area is 124 Å². The zero-order chi connectivity index (χ0) is 15.3. The van der Waals surface area contributed by atoms with Crippen molar-refractivity contribution in [2.45, 2.75) is 45.3 Å². The fourth-order valence-corrected chi connectivity index (χ4v) is 2.42. The van der Waals surface area contributed by atoms with Crippen molar-refractivity contribution in [3.8, 4) is 0 Å². The highest BCUT2D eigenvalue weighted by molar-refractivity contribution is 5.78. The Morgan fingerprint density at radius 3 is 3.05 bits per heavy atom. The third-order valence-corrected chi connectivity index (χ3v) is 3.52. The van der Waals surface area contributed by atoms with Gasteiger partial charge in [-0.15, -0.1) is 0 Å². The van der Waals surface area contributed by atoms with Crippen LogP contribution >= 0.6 is 0 Å². The number of carbonyl (C=O) groups is 1. The van der Waals surface area contributed by atoms with Crippen molar-refractivity contribution in [2.24, 2.45) is 5.92 Å². The van der Waals surface area contributed by atoms with E-state index in [0.717, 1.165) is 12.8 Å². The molecule has 1 saturated heterocycles. The van der Waals surface area contributed by atoms with Gasteiger partial charge >= 0.3 is 0 Å². The summed E-state index contributed by atoms with van der Waals surface area (Å²) in [5.41, 5.74) is -0.238. The van der Waals surface area contributed by atoms with Gasteiger partial charge in [-0.25, -0.2) is 0 Å². The smallest absolute Gasteiger partial charge is 0.246 e. The van der Waals surface area contributed by atoms with Crippen LogP contribution in [0.2, 0.25) is 0 Å². The highest BCUT2D eigenvalue weighted by Gasteiger charge is 2.32. The SMILES string of the molecule is COCCc1noc(CNC(=O)[C@H]2CCOC(C)(C)C2)n1. The standard InChI is InChI=1S/C14H23N3O4/c1-14(2)8-10(4-7-20-14)13(18)15-9-12-16-11(17-21-12)5-6-19-3/h10H,4-9H2,1-3H3,(H,15,18)/t10-/m0/s1. The molecule has 1 aromatic rings. The van der Waals surface area contributed by atoms with E-state index in [0.29, 0.717) is 31.3 Å². The van der Waals surface area contributed by atoms with Crippen LogP contribution in [0.1, 0.15) is 38.4 Å². The maximum Gasteiger partial charge on any atom is 0.246 e. The summed E-state index contributed by atoms with van der Waals surface area (Å²) in [5.74, 6) is 1.00. The molecule has 1 amide bonds. The Morgan fingerprint density at radius 1 is 1.52 bits per heavy atom. The zero-order valence-corrected chi connectivity index (χ0v) is 12.8. The summed E-state index contributed by atoms with van der Waals surface area (Å²) in [7, 11) is 1.62. The number of amides is 1. The molecule has 21 heavy (non-hydrogen) atoms. The summed E-state index contributed by atoms with van der Waals surface area (Å²) in [6.45, 7) is 5.44. The van der Waals surface area contributed by atoms with E-state index in [4.69, 9.17) is 14.0 Å². The minimum atomic E-state index is -0.238. The minimum Gasteiger partial charge on any atom is -0.384 e. The largest absolute Gasteiger partial charge is 0.384 e. The second-order valence-electron chi connectivity index (χ2n) is 5.86. The molecular weight excluding hydrogens is 274 g/mol. The normalized spacial score (nSPS) is 21.2. The molecule has 0 bridgehead atoms. The monoisotopic (exact) mass is 297 g/mol. The third kappa shape index (κ3) is 4.78. The van der Waals surface area contributed by atoms with Crippen LogP contribution in [0.5, 0.6) is 0 Å². The van der Waals surface area contributed by atoms with E-state index in [1.807, 2.05) is 13.8 Å². The molecule has 0 aromatic carbocycles. The quantitative estimate of drug-likeness (QED) is 0.845. The predicted octanol–water partition coefficient (Wildman–Crippen LogP) is 1.08. The fraction of sp³-hybridized carbons (Fsp3) is 0.786. The first kappa shape index (κ1) is 15.9. The fourth-order valence-electron chi connectivity index (χ4n) is 2.42. The van der Waals surface area contributed by atoms with E-state index >= 15 is 0 Å². The van der Waals surface area contributed by atoms with E-state index in [9.17, 15) is 4.79 Å². The second kappa shape index (κ2) is 7.00. The number of ether oxygens (including phenoxy) is 2. The van der Waals surface area contributed by atoms with Gasteiger partial charge < -0.3 is 19.3 Å². The van der Waals surface area contributed by atoms with Gasteiger partial charge in [0.05, 0.1) is 18.8 Å². The van der Waals surface area contributed by atoms with Crippen LogP contribution in [0.15, 0.2) is 4.52 Å². The number of rotatable bonds is 6. The molecule has 1 aliphatic rings. The van der Waals surface area contributed by atoms with Crippen molar-refractivity contribution in [1.82, 2.24) is 15.5 Å². The van der Waals surface area contributed by atoms with Gasteiger partial charge in [0, 0.05) is 26.1 Å². The summed E-state index contributed by atoms with van der Waals surface area (Å²) in [4.78, 5) is 16.4. The lowest BCUT2D eigenvalue weighted by Gasteiger charge is -2.34. The van der Waals surface area contributed by atoms with Gasteiger partial charge in [-0.3, -0.25) is 4.79 Å². The van der Waals surface area contributed by atoms with Crippen LogP contribution in [0.4, 0.5) is 0 Å². The van der Waals surface area contributed by atoms with Crippen LogP contribution in [0.25, 0.3) is 0 Å². The van der Waals surface area contributed by atoms with Crippen LogP contribution in [-0.2, 0) is 27.2 Å². The molecule has 1 atom stereocenters. The summed E-state index contributed by atoms with van der Waals surface area (Å²) in [6, 6.07) is 0. The molecule has 0 saturated carbocycles. The lowest BCUT2D eigenvalue weighted by molar-refractivity contribution is -0.135. The lowest BCUT2D eigenvalue weighted by Crippen LogP contribution is -2.41. The third-order valence-electron chi connectivity index (χ3n) is 3.52. The highest BCUT2D eigenvalue weighted by Crippen LogP contribution is 2.28. The van der Waals surface area contributed by atoms with E-state index in [-0.39, 0.29) is 24.0 Å². The van der Waals surface area contributed by atoms with Gasteiger partial charge in [-0.2, -0.15) is 4.98 Å². The molecule has 2 rings (SSSR count). The molecule has 1 aliphatic heterocycles. The number of carbonyl (C=O) groups excluding carboxylic acids is 1. The highest BCUT2D eigenvalue weighted by atomic mass is 16.5. The van der Waals surface area contributed by atoms with Crippen LogP contribution < -0.4 is 5.32 Å². The Hall–Kier alpha value is -1.47. The molecule has 1 N–H and O–H groups in total. The molecule has 7 heteroatoms. The van der Waals surface area contributed by atoms with Crippen LogP contribution in [0, 0.1) is 5.92 Å². The Bertz CT molecular complexity index is 473. The Balaban J connectivity index is 1.79. The number of aromatic nitrogens is 2. The van der Waals surface area contributed by atoms with E-state index in [1.165, 1.54) is 0 Å². The molecule has 1 aromatic heterocycles. The van der Waals surface area contributed by atoms with Crippen molar-refractivity contribution >= 4 is 5.91 Å². The number of hydrogen-bond donors (Lipinski definition) is 1. The van der Waals surface area contributed by atoms with Gasteiger partial charge in [0.1, 0.15) is 0 Å². The molecular formula is C14H23N3O4. The summed E-state index contributed by atoms with van der Waals surface area (Å²) in [6.07, 6.45) is 2.07. The Morgan fingerprint density at radius 2 is 2.33 bits per heavy atom. The Kier molecular flexibility index (Phi) is 5.30. The second-order valence-corrected chi connectivity index (χ2v) is 5.86. The van der Waals surface area contributed by atoms with Gasteiger partial charge in [0.2, 0.25) is 11.8 Å². The molecule has 7 nitrogen and oxygen atoms in total. The van der Waals surface area contributed by atoms with Gasteiger partial charge in [-0.1, -0.05) is 5.16 Å². The van der Waals surface area contributed by atoms with Crippen molar-refractivity contribution in [1.29, 1.82) is 0 Å². The van der Waals surface area contributed by atoms with Gasteiger partial charge in [-0.05, 0) is 26.7 Å². The average molecular weight is 297 g/mol. The molecule has 0 unspecified atom stereocenters. The van der Waals surface area contributed by atoms with E-state index in [2.05, 4.69) is 15.5 Å². The minimum absolute atomic E-state index is 0.0167. The van der Waals surface area contributed by atoms with Crippen molar-refractivity contribution in [3.05, 3.63) is 11.7 Å². The maximum absolute atomic E-state index is 12.2. The number of nitrogens with zero attached hydrogens (tertiary/aromatic N) is 2. The predicted molar refractivity (Wildman–Crippen MR) is 74.5 cm³/mol. The van der Waals surface area contributed by atoms with E-state index < -0.39 is 0 Å². The summed E-state index contributed by atoms with van der Waals surface area (Å²) < 4.78 is 15.6. The number of nitrogens with one attached hydrogen (secondary N) is 1. The summed E-state index contributed by atoms with van der Waals surface area (Å²) >= 11 is 0. The molecule has 1 fully saturated rings. The first-order valence-electron chi connectivity index (χ1n) is 7.22. The molecule has 0 radical (unpaired) electrons. The zero-order valence-electron chi connectivity index (χ0n) is 12.8. The maximum atomic E-state index is 12.2. The number of hydrogen-bond acceptors (Lipinski definition) is 6. The van der Waals surface area contributed by atoms with Crippen molar-refractivity contribution < 1.29 is 18.8 Å². The molecule has 0 spiro atoms. The van der Waals surface area contributed by atoms with Gasteiger partial charge in [0.25, 0.3) is 0 Å². The molecule has 0 aliphatic carbocycles. The number of methoxy groups -OCH3 is 1. The lowest BCUT2D eigenvalue weighted by atomic mass is 9.88. The topological polar surface area (TPSA) is 86.5 Å². The summed E-state index contributed by atoms with van der Waals surface area (Å²) in [5, 5.41) is 6.68. The van der Waals surface area contributed by atoms with Crippen molar-refractivity contribution in [2.75, 3.05) is 20.3 Å². The first-order valence-corrected chi connectivity index (χ1v) is 7.22. The average Bonchev–Trinajstić information content (AvgIpc) is 2.89. The molecule has 2 heterocycles. The van der Waals surface area contributed by atoms with Crippen LogP contribution in [-0.4, -0.2) is 42.0 Å². The molecule has 118 valence electrons. The van der Waals surface area contributed by atoms with Crippen LogP contribution in [0.3, 0.4) is 0 Å². The van der Waals surface area contributed by atoms with Crippen molar-refractivity contribution in [3.63, 3.8) is 0 Å². The van der Waals surface area contributed by atoms with E-state index in [1.54, 1.807) is 7.11 Å². The van der Waals surface area contributed by atoms with Gasteiger partial charge in [0.15, 0.2) is 5.82 Å². The first-order chi connectivity index (χ1) is 10.00.